The SMILES string of the molecule is Cc1cncn1C(CN)CN. The predicted octanol–water partition coefficient (Wildman–Crippen LogP) is -0.350. The lowest BCUT2D eigenvalue weighted by Gasteiger charge is -2.15. The van der Waals surface area contributed by atoms with Crippen LogP contribution in [0.5, 0.6) is 0 Å². The molecule has 0 saturated heterocycles. The summed E-state index contributed by atoms with van der Waals surface area (Å²) in [5.74, 6) is 0. The van der Waals surface area contributed by atoms with Crippen LogP contribution in [0.2, 0.25) is 0 Å². The summed E-state index contributed by atoms with van der Waals surface area (Å²) < 4.78 is 2.00. The van der Waals surface area contributed by atoms with Crippen LogP contribution in [0, 0.1) is 6.92 Å². The van der Waals surface area contributed by atoms with Crippen molar-refractivity contribution in [3.63, 3.8) is 0 Å². The molecule has 1 rings (SSSR count). The molecule has 0 saturated carbocycles. The van der Waals surface area contributed by atoms with Crippen molar-refractivity contribution in [2.75, 3.05) is 13.1 Å². The van der Waals surface area contributed by atoms with E-state index in [1.807, 2.05) is 11.5 Å². The molecule has 0 aliphatic heterocycles. The van der Waals surface area contributed by atoms with Gasteiger partial charge in [-0.3, -0.25) is 0 Å². The molecule has 0 atom stereocenters. The highest BCUT2D eigenvalue weighted by Gasteiger charge is 2.07. The molecule has 0 radical (unpaired) electrons. The molecule has 1 aromatic rings. The van der Waals surface area contributed by atoms with E-state index in [1.54, 1.807) is 12.5 Å². The molecule has 0 fully saturated rings. The summed E-state index contributed by atoms with van der Waals surface area (Å²) in [6.07, 6.45) is 3.57. The van der Waals surface area contributed by atoms with E-state index < -0.39 is 0 Å². The minimum atomic E-state index is 0.192. The van der Waals surface area contributed by atoms with Crippen molar-refractivity contribution in [3.05, 3.63) is 18.2 Å². The van der Waals surface area contributed by atoms with Crippen LogP contribution in [-0.2, 0) is 0 Å². The van der Waals surface area contributed by atoms with Gasteiger partial charge in [-0.25, -0.2) is 4.98 Å². The lowest BCUT2D eigenvalue weighted by Crippen LogP contribution is -2.26. The fourth-order valence-corrected chi connectivity index (χ4v) is 1.08. The number of rotatable bonds is 3. The van der Waals surface area contributed by atoms with Crippen LogP contribution in [0.15, 0.2) is 12.5 Å². The molecular weight excluding hydrogens is 140 g/mol. The summed E-state index contributed by atoms with van der Waals surface area (Å²) in [6, 6.07) is 0.192. The summed E-state index contributed by atoms with van der Waals surface area (Å²) in [7, 11) is 0. The largest absolute Gasteiger partial charge is 0.329 e. The van der Waals surface area contributed by atoms with Crippen LogP contribution in [0.3, 0.4) is 0 Å². The van der Waals surface area contributed by atoms with E-state index in [9.17, 15) is 0 Å². The molecule has 11 heavy (non-hydrogen) atoms. The third-order valence-corrected chi connectivity index (χ3v) is 1.80. The summed E-state index contributed by atoms with van der Waals surface area (Å²) in [5, 5.41) is 0. The van der Waals surface area contributed by atoms with Gasteiger partial charge in [0.15, 0.2) is 0 Å². The second kappa shape index (κ2) is 3.50. The Morgan fingerprint density at radius 2 is 2.18 bits per heavy atom. The van der Waals surface area contributed by atoms with Crippen molar-refractivity contribution < 1.29 is 0 Å². The van der Waals surface area contributed by atoms with E-state index >= 15 is 0 Å². The fourth-order valence-electron chi connectivity index (χ4n) is 1.08. The van der Waals surface area contributed by atoms with Gasteiger partial charge in [-0.05, 0) is 6.92 Å². The molecule has 0 aliphatic rings. The van der Waals surface area contributed by atoms with Crippen molar-refractivity contribution in [1.82, 2.24) is 9.55 Å². The number of aromatic nitrogens is 2. The Kier molecular flexibility index (Phi) is 2.62. The lowest BCUT2D eigenvalue weighted by atomic mass is 10.3. The maximum Gasteiger partial charge on any atom is 0.0951 e. The minimum Gasteiger partial charge on any atom is -0.329 e. The van der Waals surface area contributed by atoms with E-state index in [-0.39, 0.29) is 6.04 Å². The third-order valence-electron chi connectivity index (χ3n) is 1.80. The summed E-state index contributed by atoms with van der Waals surface area (Å²) in [4.78, 5) is 3.99. The maximum atomic E-state index is 5.51. The van der Waals surface area contributed by atoms with Crippen molar-refractivity contribution in [3.8, 4) is 0 Å². The Morgan fingerprint density at radius 3 is 2.55 bits per heavy atom. The van der Waals surface area contributed by atoms with Crippen LogP contribution in [0.1, 0.15) is 11.7 Å². The number of hydrogen-bond acceptors (Lipinski definition) is 3. The quantitative estimate of drug-likeness (QED) is 0.625. The third kappa shape index (κ3) is 1.58. The monoisotopic (exact) mass is 154 g/mol. The Bertz CT molecular complexity index is 214. The first kappa shape index (κ1) is 8.23. The molecule has 4 heteroatoms. The zero-order chi connectivity index (χ0) is 8.27. The Labute approximate surface area is 66.2 Å². The first-order valence-electron chi connectivity index (χ1n) is 3.68. The Morgan fingerprint density at radius 1 is 1.55 bits per heavy atom. The molecule has 0 spiro atoms. The van der Waals surface area contributed by atoms with Gasteiger partial charge in [-0.2, -0.15) is 0 Å². The Hall–Kier alpha value is -0.870. The molecule has 0 unspecified atom stereocenters. The molecule has 62 valence electrons. The van der Waals surface area contributed by atoms with Gasteiger partial charge in [0.05, 0.1) is 12.4 Å². The first-order chi connectivity index (χ1) is 5.29. The van der Waals surface area contributed by atoms with E-state index in [0.717, 1.165) is 5.69 Å². The number of nitrogens with two attached hydrogens (primary N) is 2. The molecule has 0 bridgehead atoms. The van der Waals surface area contributed by atoms with E-state index in [4.69, 9.17) is 11.5 Å². The highest BCUT2D eigenvalue weighted by Crippen LogP contribution is 2.05. The van der Waals surface area contributed by atoms with Gasteiger partial charge in [0.1, 0.15) is 0 Å². The van der Waals surface area contributed by atoms with Crippen LogP contribution in [0.25, 0.3) is 0 Å². The van der Waals surface area contributed by atoms with E-state index in [0.29, 0.717) is 13.1 Å². The van der Waals surface area contributed by atoms with Gasteiger partial charge in [0.25, 0.3) is 0 Å². The number of nitrogens with zero attached hydrogens (tertiary/aromatic N) is 2. The van der Waals surface area contributed by atoms with Gasteiger partial charge in [0, 0.05) is 25.0 Å². The zero-order valence-corrected chi connectivity index (χ0v) is 6.70. The van der Waals surface area contributed by atoms with Crippen molar-refractivity contribution in [2.45, 2.75) is 13.0 Å². The molecule has 1 aromatic heterocycles. The van der Waals surface area contributed by atoms with Crippen molar-refractivity contribution in [1.29, 1.82) is 0 Å². The van der Waals surface area contributed by atoms with Gasteiger partial charge < -0.3 is 16.0 Å². The van der Waals surface area contributed by atoms with Crippen molar-refractivity contribution >= 4 is 0 Å². The number of aryl methyl sites for hydroxylation is 1. The average Bonchev–Trinajstić information content (AvgIpc) is 2.40. The molecule has 4 N–H and O–H groups in total. The Balaban J connectivity index is 2.81. The zero-order valence-electron chi connectivity index (χ0n) is 6.70. The van der Waals surface area contributed by atoms with E-state index in [2.05, 4.69) is 4.98 Å². The fraction of sp³-hybridized carbons (Fsp3) is 0.571. The average molecular weight is 154 g/mol. The van der Waals surface area contributed by atoms with Crippen LogP contribution in [0.4, 0.5) is 0 Å². The number of imidazole rings is 1. The second-order valence-electron chi connectivity index (χ2n) is 2.57. The summed E-state index contributed by atoms with van der Waals surface area (Å²) >= 11 is 0. The number of hydrogen-bond donors (Lipinski definition) is 2. The molecule has 0 aliphatic carbocycles. The minimum absolute atomic E-state index is 0.192. The molecule has 1 heterocycles. The lowest BCUT2D eigenvalue weighted by molar-refractivity contribution is 0.511. The first-order valence-corrected chi connectivity index (χ1v) is 3.68. The van der Waals surface area contributed by atoms with Gasteiger partial charge in [-0.1, -0.05) is 0 Å². The maximum absolute atomic E-state index is 5.51. The van der Waals surface area contributed by atoms with Crippen molar-refractivity contribution in [2.24, 2.45) is 11.5 Å². The van der Waals surface area contributed by atoms with Gasteiger partial charge in [0.2, 0.25) is 0 Å². The smallest absolute Gasteiger partial charge is 0.0951 e. The predicted molar refractivity (Wildman–Crippen MR) is 44.1 cm³/mol. The highest BCUT2D eigenvalue weighted by molar-refractivity contribution is 4.97. The topological polar surface area (TPSA) is 69.9 Å². The summed E-state index contributed by atoms with van der Waals surface area (Å²) in [6.45, 7) is 3.12. The molecule has 4 nitrogen and oxygen atoms in total. The standard InChI is InChI=1S/C7H14N4/c1-6-4-10-5-11(6)7(2-8)3-9/h4-5,7H,2-3,8-9H2,1H3. The highest BCUT2D eigenvalue weighted by atomic mass is 15.1. The second-order valence-corrected chi connectivity index (χ2v) is 2.57. The van der Waals surface area contributed by atoms with E-state index in [1.165, 1.54) is 0 Å². The van der Waals surface area contributed by atoms with Crippen LogP contribution >= 0.6 is 0 Å². The van der Waals surface area contributed by atoms with Crippen LogP contribution in [-0.4, -0.2) is 22.6 Å². The molecular formula is C7H14N4. The molecule has 0 aromatic carbocycles. The summed E-state index contributed by atoms with van der Waals surface area (Å²) in [5.41, 5.74) is 12.1. The van der Waals surface area contributed by atoms with Gasteiger partial charge in [-0.15, -0.1) is 0 Å². The molecule has 0 amide bonds. The normalized spacial score (nSPS) is 10.9. The van der Waals surface area contributed by atoms with Gasteiger partial charge >= 0.3 is 0 Å². The van der Waals surface area contributed by atoms with Crippen LogP contribution < -0.4 is 11.5 Å².